The molecular weight excluding hydrogens is 531 g/mol. The number of benzene rings is 2. The van der Waals surface area contributed by atoms with E-state index in [0.29, 0.717) is 17.9 Å². The van der Waals surface area contributed by atoms with Crippen molar-refractivity contribution in [3.63, 3.8) is 0 Å². The number of aliphatic hydroxyl groups is 1. The van der Waals surface area contributed by atoms with Crippen molar-refractivity contribution in [3.05, 3.63) is 53.8 Å². The van der Waals surface area contributed by atoms with Crippen molar-refractivity contribution in [3.8, 4) is 17.6 Å². The summed E-state index contributed by atoms with van der Waals surface area (Å²) in [6, 6.07) is 8.62. The highest BCUT2D eigenvalue weighted by atomic mass is 32.2. The smallest absolute Gasteiger partial charge is 0.247 e. The van der Waals surface area contributed by atoms with Crippen LogP contribution >= 0.6 is 0 Å². The first-order valence-corrected chi connectivity index (χ1v) is 15.3. The van der Waals surface area contributed by atoms with Crippen LogP contribution in [0.3, 0.4) is 0 Å². The maximum absolute atomic E-state index is 13.7. The summed E-state index contributed by atoms with van der Waals surface area (Å²) in [5.74, 6) is 5.40. The van der Waals surface area contributed by atoms with Crippen LogP contribution in [-0.4, -0.2) is 69.4 Å². The summed E-state index contributed by atoms with van der Waals surface area (Å²) >= 11 is 0. The highest BCUT2D eigenvalue weighted by molar-refractivity contribution is 7.89. The Labute approximate surface area is 225 Å². The van der Waals surface area contributed by atoms with Gasteiger partial charge in [0, 0.05) is 37.5 Å². The van der Waals surface area contributed by atoms with Crippen LogP contribution in [0.5, 0.6) is 5.75 Å². The van der Waals surface area contributed by atoms with Crippen molar-refractivity contribution in [2.24, 2.45) is 11.8 Å². The van der Waals surface area contributed by atoms with Crippen molar-refractivity contribution in [2.45, 2.75) is 56.1 Å². The molecular formula is C27H35FN2O6S2. The largest absolute Gasteiger partial charge is 0.487 e. The third-order valence-electron chi connectivity index (χ3n) is 6.35. The third-order valence-corrected chi connectivity index (χ3v) is 10.2. The van der Waals surface area contributed by atoms with E-state index < -0.39 is 43.9 Å². The Balaban J connectivity index is 2.05. The van der Waals surface area contributed by atoms with Crippen LogP contribution in [0, 0.1) is 29.5 Å². The molecule has 1 aliphatic heterocycles. The minimum absolute atomic E-state index is 0.00202. The number of likely N-dealkylation sites (N-methyl/N-ethyl adjacent to an activating group) is 1. The van der Waals surface area contributed by atoms with Crippen LogP contribution in [0.25, 0.3) is 0 Å². The fraction of sp³-hybridized carbons (Fsp3) is 0.481. The molecule has 0 aromatic heterocycles. The first kappa shape index (κ1) is 30.1. The number of sulfonamides is 2. The molecule has 2 aromatic carbocycles. The van der Waals surface area contributed by atoms with Gasteiger partial charge in [-0.25, -0.2) is 21.2 Å². The summed E-state index contributed by atoms with van der Waals surface area (Å²) < 4.78 is 75.8. The molecule has 208 valence electrons. The summed E-state index contributed by atoms with van der Waals surface area (Å²) in [6.45, 7) is 6.94. The van der Waals surface area contributed by atoms with E-state index in [-0.39, 0.29) is 35.2 Å². The van der Waals surface area contributed by atoms with E-state index in [9.17, 15) is 26.3 Å². The van der Waals surface area contributed by atoms with Gasteiger partial charge in [0.05, 0.1) is 18.0 Å². The van der Waals surface area contributed by atoms with Gasteiger partial charge in [0.25, 0.3) is 0 Å². The van der Waals surface area contributed by atoms with Gasteiger partial charge in [0.2, 0.25) is 20.0 Å². The molecule has 1 N–H and O–H groups in total. The lowest BCUT2D eigenvalue weighted by Gasteiger charge is -2.37. The number of rotatable bonds is 7. The first-order chi connectivity index (χ1) is 17.8. The molecule has 0 fully saturated rings. The second-order valence-electron chi connectivity index (χ2n) is 10.0. The van der Waals surface area contributed by atoms with Gasteiger partial charge in [-0.3, -0.25) is 0 Å². The van der Waals surface area contributed by atoms with Gasteiger partial charge < -0.3 is 9.84 Å². The number of hydrogen-bond acceptors (Lipinski definition) is 6. The Bertz CT molecular complexity index is 1420. The zero-order chi connectivity index (χ0) is 28.3. The van der Waals surface area contributed by atoms with Gasteiger partial charge in [-0.1, -0.05) is 38.7 Å². The molecule has 1 heterocycles. The molecule has 3 rings (SSSR count). The average Bonchev–Trinajstić information content (AvgIpc) is 2.85. The zero-order valence-corrected chi connectivity index (χ0v) is 23.9. The van der Waals surface area contributed by atoms with Gasteiger partial charge in [-0.15, -0.1) is 0 Å². The molecule has 2 aromatic rings. The lowest BCUT2D eigenvalue weighted by Crippen LogP contribution is -2.50. The van der Waals surface area contributed by atoms with Gasteiger partial charge in [0.1, 0.15) is 22.6 Å². The Morgan fingerprint density at radius 3 is 2.55 bits per heavy atom. The van der Waals surface area contributed by atoms with Crippen molar-refractivity contribution in [2.75, 3.05) is 26.7 Å². The Kier molecular flexibility index (Phi) is 9.60. The Morgan fingerprint density at radius 1 is 1.21 bits per heavy atom. The van der Waals surface area contributed by atoms with Crippen molar-refractivity contribution in [1.82, 2.24) is 8.61 Å². The van der Waals surface area contributed by atoms with E-state index in [2.05, 4.69) is 11.8 Å². The molecule has 0 unspecified atom stereocenters. The molecule has 1 aliphatic rings. The second-order valence-corrected chi connectivity index (χ2v) is 13.9. The molecule has 0 spiro atoms. The second kappa shape index (κ2) is 12.1. The predicted octanol–water partition coefficient (Wildman–Crippen LogP) is 3.31. The van der Waals surface area contributed by atoms with Crippen LogP contribution in [0.15, 0.2) is 52.3 Å². The molecule has 11 heteroatoms. The quantitative estimate of drug-likeness (QED) is 0.516. The predicted molar refractivity (Wildman–Crippen MR) is 143 cm³/mol. The number of ether oxygens (including phenoxy) is 1. The van der Waals surface area contributed by atoms with Gasteiger partial charge >= 0.3 is 0 Å². The number of nitrogens with zero attached hydrogens (tertiary/aromatic N) is 2. The van der Waals surface area contributed by atoms with Crippen molar-refractivity contribution < 1.29 is 31.1 Å². The number of hydrogen-bond donors (Lipinski definition) is 1. The van der Waals surface area contributed by atoms with Crippen LogP contribution in [-0.2, 0) is 20.0 Å². The lowest BCUT2D eigenvalue weighted by molar-refractivity contribution is 0.0904. The molecule has 0 radical (unpaired) electrons. The Hall–Kier alpha value is -2.49. The maximum atomic E-state index is 13.7. The molecule has 0 bridgehead atoms. The molecule has 8 nitrogen and oxygen atoms in total. The lowest BCUT2D eigenvalue weighted by atomic mass is 10.0. The third kappa shape index (κ3) is 6.74. The summed E-state index contributed by atoms with van der Waals surface area (Å²) in [5, 5.41) is 9.79. The number of aliphatic hydroxyl groups excluding tert-OH is 1. The van der Waals surface area contributed by atoms with E-state index in [4.69, 9.17) is 4.74 Å². The van der Waals surface area contributed by atoms with Crippen LogP contribution < -0.4 is 4.74 Å². The Morgan fingerprint density at radius 2 is 1.92 bits per heavy atom. The molecule has 38 heavy (non-hydrogen) atoms. The van der Waals surface area contributed by atoms with Gasteiger partial charge in [-0.2, -0.15) is 8.61 Å². The van der Waals surface area contributed by atoms with Gasteiger partial charge in [-0.05, 0) is 49.2 Å². The standard InChI is InChI=1S/C27H35FN2O6S2/c1-19(2)8-6-9-22-12-13-27-25(14-22)36-26(20(3)16-30(21(4)18-31)38(27,34)35)17-29(5)37(32,33)24-11-7-10-23(28)15-24/h7,10-15,19-21,26,31H,8,16-18H2,1-5H3/t20-,21+,26-/m1/s1. The van der Waals surface area contributed by atoms with E-state index in [1.165, 1.54) is 29.6 Å². The first-order valence-electron chi connectivity index (χ1n) is 12.4. The van der Waals surface area contributed by atoms with Crippen LogP contribution in [0.2, 0.25) is 0 Å². The minimum atomic E-state index is -4.05. The van der Waals surface area contributed by atoms with E-state index in [0.717, 1.165) is 16.4 Å². The summed E-state index contributed by atoms with van der Waals surface area (Å²) in [5.41, 5.74) is 0.564. The fourth-order valence-electron chi connectivity index (χ4n) is 4.04. The van der Waals surface area contributed by atoms with Crippen molar-refractivity contribution in [1.29, 1.82) is 0 Å². The number of halogens is 1. The molecule has 3 atom stereocenters. The average molecular weight is 567 g/mol. The number of fused-ring (bicyclic) bond motifs is 1. The van der Waals surface area contributed by atoms with E-state index in [1.807, 2.05) is 13.8 Å². The normalized spacial score (nSPS) is 20.6. The van der Waals surface area contributed by atoms with Crippen LogP contribution in [0.1, 0.15) is 39.7 Å². The molecule has 0 aliphatic carbocycles. The summed E-state index contributed by atoms with van der Waals surface area (Å²) in [6.07, 6.45) is -0.0923. The monoisotopic (exact) mass is 566 g/mol. The highest BCUT2D eigenvalue weighted by Crippen LogP contribution is 2.34. The van der Waals surface area contributed by atoms with Crippen LogP contribution in [0.4, 0.5) is 4.39 Å². The summed E-state index contributed by atoms with van der Waals surface area (Å²) in [4.78, 5) is -0.278. The topological polar surface area (TPSA) is 104 Å². The van der Waals surface area contributed by atoms with E-state index in [1.54, 1.807) is 26.0 Å². The summed E-state index contributed by atoms with van der Waals surface area (Å²) in [7, 11) is -6.72. The maximum Gasteiger partial charge on any atom is 0.247 e. The highest BCUT2D eigenvalue weighted by Gasteiger charge is 2.39. The molecule has 0 amide bonds. The van der Waals surface area contributed by atoms with Gasteiger partial charge in [0.15, 0.2) is 0 Å². The minimum Gasteiger partial charge on any atom is -0.487 e. The fourth-order valence-corrected chi connectivity index (χ4v) is 7.08. The van der Waals surface area contributed by atoms with E-state index >= 15 is 0 Å². The molecule has 0 saturated heterocycles. The SMILES string of the molecule is CC(C)CC#Cc1ccc2c(c1)O[C@H](CN(C)S(=O)(=O)c1cccc(F)c1)[C@H](C)CN([C@@H](C)CO)S2(=O)=O. The zero-order valence-electron chi connectivity index (χ0n) is 22.3. The van der Waals surface area contributed by atoms with Crippen molar-refractivity contribution >= 4 is 20.0 Å². The molecule has 0 saturated carbocycles.